The van der Waals surface area contributed by atoms with Crippen molar-refractivity contribution in [1.82, 2.24) is 30.4 Å². The molecule has 0 saturated carbocycles. The number of piperidine rings is 1. The maximum absolute atomic E-state index is 12.6. The first-order valence-electron chi connectivity index (χ1n) is 9.64. The topological polar surface area (TPSA) is 87.6 Å². The highest BCUT2D eigenvalue weighted by molar-refractivity contribution is 5.82. The summed E-state index contributed by atoms with van der Waals surface area (Å²) in [6.07, 6.45) is 3.51. The molecule has 28 heavy (non-hydrogen) atoms. The van der Waals surface area contributed by atoms with Gasteiger partial charge in [0.15, 0.2) is 0 Å². The number of imidazole rings is 1. The summed E-state index contributed by atoms with van der Waals surface area (Å²) in [6, 6.07) is 16.2. The molecule has 0 unspecified atom stereocenters. The Balaban J connectivity index is 1.25. The van der Waals surface area contributed by atoms with E-state index in [9.17, 15) is 4.79 Å². The number of carbonyl (C=O) groups is 1. The summed E-state index contributed by atoms with van der Waals surface area (Å²) in [5, 5.41) is 12.1. The molecule has 0 bridgehead atoms. The Bertz CT molecular complexity index is 1100. The standard InChI is InChI=1S/C21H22N6O/c28-20(13-27-19-8-4-1-5-14(19)12-23-27)24-15-9-10-22-18(11-15)21-25-16-6-2-3-7-17(16)26-21/h1-8,12,15,18,22H,9-11,13H2,(H,24,28)(H,25,26)/t15-,18-/m1/s1. The molecule has 2 aromatic carbocycles. The molecule has 1 aliphatic heterocycles. The molecule has 1 fully saturated rings. The van der Waals surface area contributed by atoms with E-state index in [1.54, 1.807) is 10.9 Å². The smallest absolute Gasteiger partial charge is 0.241 e. The van der Waals surface area contributed by atoms with Gasteiger partial charge in [-0.05, 0) is 37.6 Å². The van der Waals surface area contributed by atoms with Crippen LogP contribution in [-0.2, 0) is 11.3 Å². The van der Waals surface area contributed by atoms with Gasteiger partial charge in [-0.3, -0.25) is 9.48 Å². The molecule has 0 aliphatic carbocycles. The molecule has 2 aromatic heterocycles. The van der Waals surface area contributed by atoms with Crippen molar-refractivity contribution in [2.75, 3.05) is 6.54 Å². The van der Waals surface area contributed by atoms with E-state index < -0.39 is 0 Å². The third kappa shape index (κ3) is 3.25. The van der Waals surface area contributed by atoms with E-state index in [1.807, 2.05) is 48.5 Å². The average molecular weight is 374 g/mol. The van der Waals surface area contributed by atoms with Gasteiger partial charge in [-0.1, -0.05) is 30.3 Å². The van der Waals surface area contributed by atoms with Crippen molar-refractivity contribution in [2.24, 2.45) is 0 Å². The third-order valence-corrected chi connectivity index (χ3v) is 5.35. The van der Waals surface area contributed by atoms with E-state index in [0.29, 0.717) is 0 Å². The number of aromatic nitrogens is 4. The van der Waals surface area contributed by atoms with Crippen LogP contribution in [0.5, 0.6) is 0 Å². The molecular formula is C21H22N6O. The summed E-state index contributed by atoms with van der Waals surface area (Å²) in [7, 11) is 0. The monoisotopic (exact) mass is 374 g/mol. The quantitative estimate of drug-likeness (QED) is 0.512. The van der Waals surface area contributed by atoms with Crippen LogP contribution >= 0.6 is 0 Å². The van der Waals surface area contributed by atoms with Crippen LogP contribution in [0.4, 0.5) is 0 Å². The molecule has 1 saturated heterocycles. The van der Waals surface area contributed by atoms with Gasteiger partial charge in [0, 0.05) is 11.4 Å². The van der Waals surface area contributed by atoms with Crippen LogP contribution in [0.3, 0.4) is 0 Å². The average Bonchev–Trinajstić information content (AvgIpc) is 3.33. The lowest BCUT2D eigenvalue weighted by molar-refractivity contribution is -0.122. The number of para-hydroxylation sites is 3. The fraction of sp³-hybridized carbons (Fsp3) is 0.286. The molecule has 0 radical (unpaired) electrons. The Morgan fingerprint density at radius 2 is 2.04 bits per heavy atom. The Morgan fingerprint density at radius 1 is 1.18 bits per heavy atom. The van der Waals surface area contributed by atoms with Gasteiger partial charge in [0.2, 0.25) is 5.91 Å². The normalized spacial score (nSPS) is 19.9. The molecule has 5 rings (SSSR count). The van der Waals surface area contributed by atoms with Crippen molar-refractivity contribution < 1.29 is 4.79 Å². The number of nitrogens with zero attached hydrogens (tertiary/aromatic N) is 3. The number of nitrogens with one attached hydrogen (secondary N) is 3. The van der Waals surface area contributed by atoms with E-state index in [0.717, 1.165) is 47.1 Å². The number of fused-ring (bicyclic) bond motifs is 2. The number of hydrogen-bond donors (Lipinski definition) is 3. The van der Waals surface area contributed by atoms with Crippen molar-refractivity contribution in [2.45, 2.75) is 31.5 Å². The maximum Gasteiger partial charge on any atom is 0.241 e. The molecule has 1 amide bonds. The number of rotatable bonds is 4. The fourth-order valence-electron chi connectivity index (χ4n) is 3.96. The molecule has 1 aliphatic rings. The van der Waals surface area contributed by atoms with Crippen LogP contribution in [0.25, 0.3) is 21.9 Å². The van der Waals surface area contributed by atoms with Gasteiger partial charge < -0.3 is 15.6 Å². The molecule has 142 valence electrons. The van der Waals surface area contributed by atoms with Gasteiger partial charge >= 0.3 is 0 Å². The van der Waals surface area contributed by atoms with E-state index in [1.165, 1.54) is 0 Å². The van der Waals surface area contributed by atoms with Crippen LogP contribution < -0.4 is 10.6 Å². The van der Waals surface area contributed by atoms with Gasteiger partial charge in [-0.15, -0.1) is 0 Å². The number of carbonyl (C=O) groups excluding carboxylic acids is 1. The lowest BCUT2D eigenvalue weighted by Crippen LogP contribution is -2.45. The molecular weight excluding hydrogens is 352 g/mol. The third-order valence-electron chi connectivity index (χ3n) is 5.35. The Kier molecular flexibility index (Phi) is 4.29. The maximum atomic E-state index is 12.6. The summed E-state index contributed by atoms with van der Waals surface area (Å²) in [5.74, 6) is 0.919. The van der Waals surface area contributed by atoms with Crippen molar-refractivity contribution in [3.8, 4) is 0 Å². The number of H-pyrrole nitrogens is 1. The highest BCUT2D eigenvalue weighted by atomic mass is 16.2. The highest BCUT2D eigenvalue weighted by Crippen LogP contribution is 2.23. The first kappa shape index (κ1) is 16.9. The first-order chi connectivity index (χ1) is 13.8. The lowest BCUT2D eigenvalue weighted by atomic mass is 9.99. The van der Waals surface area contributed by atoms with Crippen molar-refractivity contribution in [3.63, 3.8) is 0 Å². The van der Waals surface area contributed by atoms with Crippen molar-refractivity contribution in [3.05, 3.63) is 60.6 Å². The van der Waals surface area contributed by atoms with Crippen LogP contribution in [0.15, 0.2) is 54.7 Å². The number of benzene rings is 2. The van der Waals surface area contributed by atoms with E-state index in [2.05, 4.69) is 20.7 Å². The number of aromatic amines is 1. The largest absolute Gasteiger partial charge is 0.352 e. The molecule has 4 aromatic rings. The minimum atomic E-state index is -0.0101. The zero-order chi connectivity index (χ0) is 18.9. The van der Waals surface area contributed by atoms with Gasteiger partial charge in [-0.25, -0.2) is 4.98 Å². The van der Waals surface area contributed by atoms with Crippen LogP contribution in [0, 0.1) is 0 Å². The van der Waals surface area contributed by atoms with E-state index in [-0.39, 0.29) is 24.5 Å². The van der Waals surface area contributed by atoms with Gasteiger partial charge in [-0.2, -0.15) is 5.10 Å². The Labute approximate surface area is 162 Å². The zero-order valence-corrected chi connectivity index (χ0v) is 15.4. The SMILES string of the molecule is O=C(Cn1ncc2ccccc21)N[C@@H]1CCN[C@@H](c2nc3ccccc3[nH]2)C1. The zero-order valence-electron chi connectivity index (χ0n) is 15.4. The molecule has 3 heterocycles. The predicted molar refractivity (Wildman–Crippen MR) is 108 cm³/mol. The molecule has 2 atom stereocenters. The Morgan fingerprint density at radius 3 is 2.96 bits per heavy atom. The van der Waals surface area contributed by atoms with Gasteiger partial charge in [0.1, 0.15) is 12.4 Å². The number of amides is 1. The highest BCUT2D eigenvalue weighted by Gasteiger charge is 2.26. The second kappa shape index (κ2) is 7.09. The molecule has 0 spiro atoms. The lowest BCUT2D eigenvalue weighted by Gasteiger charge is -2.29. The molecule has 7 nitrogen and oxygen atoms in total. The summed E-state index contributed by atoms with van der Waals surface area (Å²) in [6.45, 7) is 1.07. The van der Waals surface area contributed by atoms with Crippen LogP contribution in [-0.4, -0.2) is 38.2 Å². The minimum Gasteiger partial charge on any atom is -0.352 e. The van der Waals surface area contributed by atoms with E-state index >= 15 is 0 Å². The predicted octanol–water partition coefficient (Wildman–Crippen LogP) is 2.52. The van der Waals surface area contributed by atoms with Crippen LogP contribution in [0.1, 0.15) is 24.7 Å². The van der Waals surface area contributed by atoms with Crippen molar-refractivity contribution in [1.29, 1.82) is 0 Å². The van der Waals surface area contributed by atoms with E-state index in [4.69, 9.17) is 4.98 Å². The fourth-order valence-corrected chi connectivity index (χ4v) is 3.96. The second-order valence-electron chi connectivity index (χ2n) is 7.30. The summed E-state index contributed by atoms with van der Waals surface area (Å²) in [5.41, 5.74) is 2.98. The molecule has 7 heteroatoms. The summed E-state index contributed by atoms with van der Waals surface area (Å²) < 4.78 is 1.75. The molecule has 3 N–H and O–H groups in total. The number of hydrogen-bond acceptors (Lipinski definition) is 4. The second-order valence-corrected chi connectivity index (χ2v) is 7.30. The van der Waals surface area contributed by atoms with Gasteiger partial charge in [0.05, 0.1) is 28.8 Å². The van der Waals surface area contributed by atoms with Crippen molar-refractivity contribution >= 4 is 27.8 Å². The summed E-state index contributed by atoms with van der Waals surface area (Å²) in [4.78, 5) is 20.7. The van der Waals surface area contributed by atoms with Gasteiger partial charge in [0.25, 0.3) is 0 Å². The minimum absolute atomic E-state index is 0.0101. The van der Waals surface area contributed by atoms with Crippen LogP contribution in [0.2, 0.25) is 0 Å². The first-order valence-corrected chi connectivity index (χ1v) is 9.64. The Hall–Kier alpha value is -3.19. The summed E-state index contributed by atoms with van der Waals surface area (Å²) >= 11 is 0.